The van der Waals surface area contributed by atoms with E-state index in [2.05, 4.69) is 5.32 Å². The molecule has 2 unspecified atom stereocenters. The molecule has 0 amide bonds. The molecule has 26 heavy (non-hydrogen) atoms. The van der Waals surface area contributed by atoms with Gasteiger partial charge >= 0.3 is 11.9 Å². The highest BCUT2D eigenvalue weighted by Crippen LogP contribution is 2.56. The number of non-ortho nitro benzene ring substituents is 1. The average molecular weight is 361 g/mol. The molecule has 2 aliphatic heterocycles. The standard InChI is InChI=1S/C17H19N3O6/c1-9-12(14(21)22)13(10-4-3-5-11(8-10)20(24)25)17(6-7-18)16(2,19-9)15(23)26-17/h3-5,8,13,19H,6-7,18H2,1-2H3,(H,21,22)/t13-,16?,17?/m1/s1. The molecule has 0 aliphatic carbocycles. The van der Waals surface area contributed by atoms with Gasteiger partial charge in [0.05, 0.1) is 16.4 Å². The van der Waals surface area contributed by atoms with E-state index in [4.69, 9.17) is 10.5 Å². The Morgan fingerprint density at radius 3 is 2.73 bits per heavy atom. The molecule has 0 radical (unpaired) electrons. The van der Waals surface area contributed by atoms with Gasteiger partial charge in [-0.05, 0) is 26.0 Å². The lowest BCUT2D eigenvalue weighted by Gasteiger charge is -2.61. The van der Waals surface area contributed by atoms with Crippen LogP contribution in [-0.4, -0.2) is 39.7 Å². The second kappa shape index (κ2) is 5.80. The molecular formula is C17H19N3O6. The monoisotopic (exact) mass is 361 g/mol. The minimum atomic E-state index is -1.23. The number of nitrogens with one attached hydrogen (secondary N) is 1. The number of nitrogens with two attached hydrogens (primary N) is 1. The second-order valence-electron chi connectivity index (χ2n) is 6.70. The van der Waals surface area contributed by atoms with Crippen molar-refractivity contribution in [1.29, 1.82) is 0 Å². The SMILES string of the molecule is CC1=C(C(=O)O)[C@@H](c2cccc([N+](=O)[O-])c2)C2(CCN)OC(=O)C2(C)N1. The smallest absolute Gasteiger partial charge is 0.336 e. The van der Waals surface area contributed by atoms with Gasteiger partial charge in [-0.1, -0.05) is 12.1 Å². The van der Waals surface area contributed by atoms with Crippen LogP contribution in [0, 0.1) is 10.1 Å². The molecule has 2 heterocycles. The van der Waals surface area contributed by atoms with Crippen LogP contribution >= 0.6 is 0 Å². The number of carboxylic acid groups (broad SMARTS) is 1. The fourth-order valence-electron chi connectivity index (χ4n) is 4.09. The van der Waals surface area contributed by atoms with Gasteiger partial charge in [-0.25, -0.2) is 9.59 Å². The number of hydrogen-bond donors (Lipinski definition) is 3. The first-order valence-corrected chi connectivity index (χ1v) is 8.08. The topological polar surface area (TPSA) is 145 Å². The predicted molar refractivity (Wildman–Crippen MR) is 90.2 cm³/mol. The van der Waals surface area contributed by atoms with Crippen LogP contribution in [0.5, 0.6) is 0 Å². The maximum atomic E-state index is 12.2. The fourth-order valence-corrected chi connectivity index (χ4v) is 4.09. The van der Waals surface area contributed by atoms with E-state index in [1.54, 1.807) is 19.9 Å². The van der Waals surface area contributed by atoms with E-state index in [-0.39, 0.29) is 24.2 Å². The zero-order chi connectivity index (χ0) is 19.3. The Balaban J connectivity index is 2.27. The highest BCUT2D eigenvalue weighted by Gasteiger charge is 2.72. The summed E-state index contributed by atoms with van der Waals surface area (Å²) in [5, 5.41) is 23.9. The summed E-state index contributed by atoms with van der Waals surface area (Å²) in [5.41, 5.74) is 3.88. The van der Waals surface area contributed by atoms with Crippen molar-refractivity contribution in [3.63, 3.8) is 0 Å². The lowest BCUT2D eigenvalue weighted by molar-refractivity contribution is -0.385. The summed E-state index contributed by atoms with van der Waals surface area (Å²) in [6, 6.07) is 5.72. The number of benzene rings is 1. The van der Waals surface area contributed by atoms with Crippen molar-refractivity contribution < 1.29 is 24.4 Å². The number of aliphatic carboxylic acids is 1. The average Bonchev–Trinajstić information content (AvgIpc) is 2.57. The molecule has 0 bridgehead atoms. The van der Waals surface area contributed by atoms with E-state index in [9.17, 15) is 24.8 Å². The Labute approximate surface area is 149 Å². The van der Waals surface area contributed by atoms with E-state index in [1.165, 1.54) is 18.2 Å². The van der Waals surface area contributed by atoms with Crippen LogP contribution in [0.3, 0.4) is 0 Å². The van der Waals surface area contributed by atoms with Crippen molar-refractivity contribution in [2.24, 2.45) is 5.73 Å². The molecule has 2 aliphatic rings. The van der Waals surface area contributed by atoms with Crippen molar-refractivity contribution in [1.82, 2.24) is 5.32 Å². The molecule has 0 aromatic heterocycles. The molecule has 9 nitrogen and oxygen atoms in total. The number of allylic oxidation sites excluding steroid dienone is 1. The molecule has 3 rings (SSSR count). The van der Waals surface area contributed by atoms with Crippen molar-refractivity contribution in [2.45, 2.75) is 37.3 Å². The number of nitro groups is 1. The first-order chi connectivity index (χ1) is 12.2. The maximum Gasteiger partial charge on any atom is 0.336 e. The van der Waals surface area contributed by atoms with Crippen LogP contribution in [-0.2, 0) is 14.3 Å². The number of nitro benzene ring substituents is 1. The largest absolute Gasteiger partial charge is 0.478 e. The van der Waals surface area contributed by atoms with Gasteiger partial charge in [-0.2, -0.15) is 0 Å². The van der Waals surface area contributed by atoms with Crippen LogP contribution in [0.15, 0.2) is 35.5 Å². The minimum Gasteiger partial charge on any atom is -0.478 e. The van der Waals surface area contributed by atoms with Gasteiger partial charge < -0.3 is 20.9 Å². The lowest BCUT2D eigenvalue weighted by atomic mass is 9.59. The maximum absolute atomic E-state index is 12.2. The number of fused-ring (bicyclic) bond motifs is 1. The normalized spacial score (nSPS) is 30.0. The first kappa shape index (κ1) is 17.9. The molecule has 0 spiro atoms. The van der Waals surface area contributed by atoms with E-state index < -0.39 is 33.9 Å². The summed E-state index contributed by atoms with van der Waals surface area (Å²) in [5.74, 6) is -2.58. The molecule has 1 saturated heterocycles. The summed E-state index contributed by atoms with van der Waals surface area (Å²) < 4.78 is 5.52. The zero-order valence-electron chi connectivity index (χ0n) is 14.3. The number of carboxylic acids is 1. The number of esters is 1. The molecule has 9 heteroatoms. The lowest BCUT2D eigenvalue weighted by Crippen LogP contribution is -2.81. The van der Waals surface area contributed by atoms with E-state index in [0.29, 0.717) is 11.3 Å². The van der Waals surface area contributed by atoms with E-state index in [1.807, 2.05) is 0 Å². The Bertz CT molecular complexity index is 851. The number of carbonyl (C=O) groups is 2. The van der Waals surface area contributed by atoms with Gasteiger partial charge in [0.25, 0.3) is 5.69 Å². The third kappa shape index (κ3) is 2.20. The number of ether oxygens (including phenoxy) is 1. The van der Waals surface area contributed by atoms with Crippen molar-refractivity contribution in [3.05, 3.63) is 51.2 Å². The van der Waals surface area contributed by atoms with Crippen molar-refractivity contribution in [2.75, 3.05) is 6.54 Å². The summed E-state index contributed by atoms with van der Waals surface area (Å²) in [7, 11) is 0. The molecule has 1 aromatic rings. The van der Waals surface area contributed by atoms with Gasteiger partial charge in [0.2, 0.25) is 0 Å². The summed E-state index contributed by atoms with van der Waals surface area (Å²) >= 11 is 0. The zero-order valence-corrected chi connectivity index (χ0v) is 14.3. The van der Waals surface area contributed by atoms with Crippen molar-refractivity contribution in [3.8, 4) is 0 Å². The van der Waals surface area contributed by atoms with Crippen LogP contribution in [0.2, 0.25) is 0 Å². The molecule has 4 N–H and O–H groups in total. The summed E-state index contributed by atoms with van der Waals surface area (Å²) in [4.78, 5) is 34.8. The number of hydrogen-bond acceptors (Lipinski definition) is 7. The third-order valence-electron chi connectivity index (χ3n) is 5.29. The summed E-state index contributed by atoms with van der Waals surface area (Å²) in [6.45, 7) is 3.36. The van der Waals surface area contributed by atoms with Crippen LogP contribution in [0.25, 0.3) is 0 Å². The van der Waals surface area contributed by atoms with Crippen LogP contribution in [0.1, 0.15) is 31.7 Å². The number of rotatable bonds is 5. The van der Waals surface area contributed by atoms with Gasteiger partial charge in [0.1, 0.15) is 0 Å². The van der Waals surface area contributed by atoms with E-state index in [0.717, 1.165) is 0 Å². The van der Waals surface area contributed by atoms with Gasteiger partial charge in [-0.3, -0.25) is 10.1 Å². The highest BCUT2D eigenvalue weighted by molar-refractivity contribution is 5.96. The number of nitrogens with zero attached hydrogens (tertiary/aromatic N) is 1. The van der Waals surface area contributed by atoms with Crippen LogP contribution in [0.4, 0.5) is 5.69 Å². The third-order valence-corrected chi connectivity index (χ3v) is 5.29. The van der Waals surface area contributed by atoms with Crippen LogP contribution < -0.4 is 11.1 Å². The molecule has 3 atom stereocenters. The molecular weight excluding hydrogens is 342 g/mol. The minimum absolute atomic E-state index is 0.00363. The molecule has 1 aromatic carbocycles. The Kier molecular flexibility index (Phi) is 3.99. The molecule has 1 fully saturated rings. The van der Waals surface area contributed by atoms with Gasteiger partial charge in [0.15, 0.2) is 11.1 Å². The van der Waals surface area contributed by atoms with Gasteiger partial charge in [-0.15, -0.1) is 0 Å². The van der Waals surface area contributed by atoms with Gasteiger partial charge in [0, 0.05) is 24.3 Å². The summed E-state index contributed by atoms with van der Waals surface area (Å²) in [6.07, 6.45) is 0.208. The van der Waals surface area contributed by atoms with E-state index >= 15 is 0 Å². The quantitative estimate of drug-likeness (QED) is 0.401. The Hall–Kier alpha value is -2.94. The molecule has 0 saturated carbocycles. The number of carbonyl (C=O) groups excluding carboxylic acids is 1. The second-order valence-corrected chi connectivity index (χ2v) is 6.70. The first-order valence-electron chi connectivity index (χ1n) is 8.08. The Morgan fingerprint density at radius 1 is 1.50 bits per heavy atom. The molecule has 138 valence electrons. The Morgan fingerprint density at radius 2 is 2.19 bits per heavy atom. The highest BCUT2D eigenvalue weighted by atomic mass is 16.6. The predicted octanol–water partition coefficient (Wildman–Crippen LogP) is 1.04. The fraction of sp³-hybridized carbons (Fsp3) is 0.412. The van der Waals surface area contributed by atoms with Crippen molar-refractivity contribution >= 4 is 17.6 Å².